The van der Waals surface area contributed by atoms with Crippen molar-refractivity contribution in [3.8, 4) is 34.3 Å². The van der Waals surface area contributed by atoms with Crippen LogP contribution in [0, 0.1) is 24.1 Å². The molecule has 0 saturated carbocycles. The number of anilines is 1. The summed E-state index contributed by atoms with van der Waals surface area (Å²) in [7, 11) is 1.88. The Morgan fingerprint density at radius 1 is 1.18 bits per heavy atom. The molecule has 1 aromatic carbocycles. The van der Waals surface area contributed by atoms with Gasteiger partial charge in [0, 0.05) is 24.4 Å². The van der Waals surface area contributed by atoms with Gasteiger partial charge in [0.05, 0.1) is 29.5 Å². The van der Waals surface area contributed by atoms with E-state index in [0.29, 0.717) is 16.8 Å². The van der Waals surface area contributed by atoms with Gasteiger partial charge in [0.1, 0.15) is 29.1 Å². The van der Waals surface area contributed by atoms with Crippen LogP contribution in [0.4, 0.5) is 10.2 Å². The minimum absolute atomic E-state index is 0.142. The molecule has 0 amide bonds. The molecule has 0 spiro atoms. The molecule has 0 atom stereocenters. The maximum Gasteiger partial charge on any atom is 0.142 e. The molecule has 0 bridgehead atoms. The second-order valence-electron chi connectivity index (χ2n) is 6.33. The van der Waals surface area contributed by atoms with Crippen molar-refractivity contribution >= 4 is 5.82 Å². The molecule has 0 aliphatic carbocycles. The van der Waals surface area contributed by atoms with Gasteiger partial charge in [-0.25, -0.2) is 19.0 Å². The first-order valence-electron chi connectivity index (χ1n) is 8.48. The van der Waals surface area contributed by atoms with Gasteiger partial charge >= 0.3 is 0 Å². The van der Waals surface area contributed by atoms with Crippen LogP contribution in [0.5, 0.6) is 0 Å². The third kappa shape index (κ3) is 2.89. The first-order valence-corrected chi connectivity index (χ1v) is 8.48. The van der Waals surface area contributed by atoms with E-state index in [2.05, 4.69) is 21.1 Å². The number of imidazole rings is 1. The molecule has 0 unspecified atom stereocenters. The first kappa shape index (κ1) is 17.4. The topological polar surface area (TPSA) is 98.3 Å². The van der Waals surface area contributed by atoms with E-state index in [-0.39, 0.29) is 11.6 Å². The highest BCUT2D eigenvalue weighted by atomic mass is 19.1. The van der Waals surface area contributed by atoms with Gasteiger partial charge in [-0.3, -0.25) is 0 Å². The fraction of sp³-hybridized carbons (Fsp3) is 0.100. The minimum Gasteiger partial charge on any atom is -0.383 e. The van der Waals surface area contributed by atoms with E-state index in [9.17, 15) is 9.65 Å². The van der Waals surface area contributed by atoms with E-state index in [4.69, 9.17) is 5.73 Å². The summed E-state index contributed by atoms with van der Waals surface area (Å²) in [5, 5.41) is 13.9. The number of benzene rings is 1. The number of aromatic nitrogens is 5. The molecule has 3 heterocycles. The van der Waals surface area contributed by atoms with E-state index < -0.39 is 0 Å². The van der Waals surface area contributed by atoms with Crippen LogP contribution in [0.2, 0.25) is 0 Å². The molecule has 4 rings (SSSR count). The average molecular weight is 373 g/mol. The van der Waals surface area contributed by atoms with Crippen molar-refractivity contribution in [1.29, 1.82) is 5.26 Å². The predicted molar refractivity (Wildman–Crippen MR) is 103 cm³/mol. The zero-order valence-corrected chi connectivity index (χ0v) is 15.3. The standard InChI is InChI=1S/C20H16FN7/c1-12-24-10-19(27(12)2)16-7-18(26-20(23)17(16)8-22)13-9-25-28(11-13)15-5-3-14(21)4-6-15/h3-7,9-11H,1-2H3,(H2,23,26). The van der Waals surface area contributed by atoms with Crippen molar-refractivity contribution in [3.05, 3.63) is 66.1 Å². The molecule has 138 valence electrons. The van der Waals surface area contributed by atoms with Gasteiger partial charge in [-0.1, -0.05) is 0 Å². The fourth-order valence-corrected chi connectivity index (χ4v) is 2.97. The quantitative estimate of drug-likeness (QED) is 0.594. The van der Waals surface area contributed by atoms with Gasteiger partial charge in [-0.15, -0.1) is 0 Å². The maximum atomic E-state index is 13.1. The third-order valence-corrected chi connectivity index (χ3v) is 4.63. The molecule has 4 aromatic rings. The van der Waals surface area contributed by atoms with Crippen molar-refractivity contribution in [1.82, 2.24) is 24.3 Å². The van der Waals surface area contributed by atoms with E-state index in [1.807, 2.05) is 18.5 Å². The summed E-state index contributed by atoms with van der Waals surface area (Å²) in [6.07, 6.45) is 5.13. The second kappa shape index (κ2) is 6.63. The summed E-state index contributed by atoms with van der Waals surface area (Å²) < 4.78 is 16.7. The molecule has 2 N–H and O–H groups in total. The van der Waals surface area contributed by atoms with E-state index in [1.165, 1.54) is 12.1 Å². The molecule has 0 fully saturated rings. The van der Waals surface area contributed by atoms with Crippen LogP contribution >= 0.6 is 0 Å². The lowest BCUT2D eigenvalue weighted by atomic mass is 10.0. The Bertz CT molecular complexity index is 1210. The number of hydrogen-bond donors (Lipinski definition) is 1. The molecule has 0 saturated heterocycles. The number of nitrogens with zero attached hydrogens (tertiary/aromatic N) is 6. The number of nitrogens with two attached hydrogens (primary N) is 1. The monoisotopic (exact) mass is 373 g/mol. The molecule has 3 aromatic heterocycles. The van der Waals surface area contributed by atoms with Crippen LogP contribution in [0.25, 0.3) is 28.2 Å². The Morgan fingerprint density at radius 2 is 1.93 bits per heavy atom. The second-order valence-corrected chi connectivity index (χ2v) is 6.33. The number of nitrogen functional groups attached to an aromatic ring is 1. The van der Waals surface area contributed by atoms with Crippen molar-refractivity contribution in [2.24, 2.45) is 7.05 Å². The van der Waals surface area contributed by atoms with Crippen molar-refractivity contribution in [2.45, 2.75) is 6.92 Å². The zero-order chi connectivity index (χ0) is 19.8. The van der Waals surface area contributed by atoms with Crippen LogP contribution in [0.3, 0.4) is 0 Å². The summed E-state index contributed by atoms with van der Waals surface area (Å²) in [6, 6.07) is 9.95. The average Bonchev–Trinajstić information content (AvgIpc) is 3.30. The van der Waals surface area contributed by atoms with Crippen LogP contribution in [-0.4, -0.2) is 24.3 Å². The Balaban J connectivity index is 1.82. The number of aryl methyl sites for hydroxylation is 1. The van der Waals surface area contributed by atoms with E-state index in [0.717, 1.165) is 22.8 Å². The smallest absolute Gasteiger partial charge is 0.142 e. The lowest BCUT2D eigenvalue weighted by Crippen LogP contribution is -2.02. The van der Waals surface area contributed by atoms with Crippen molar-refractivity contribution in [3.63, 3.8) is 0 Å². The first-order chi connectivity index (χ1) is 13.5. The summed E-state index contributed by atoms with van der Waals surface area (Å²) in [5.74, 6) is 0.650. The third-order valence-electron chi connectivity index (χ3n) is 4.63. The van der Waals surface area contributed by atoms with Gasteiger partial charge in [-0.2, -0.15) is 10.4 Å². The van der Waals surface area contributed by atoms with Gasteiger partial charge in [0.2, 0.25) is 0 Å². The Morgan fingerprint density at radius 3 is 2.57 bits per heavy atom. The number of halogens is 1. The lowest BCUT2D eigenvalue weighted by molar-refractivity contribution is 0.627. The molecule has 28 heavy (non-hydrogen) atoms. The van der Waals surface area contributed by atoms with Crippen LogP contribution in [0.15, 0.2) is 48.9 Å². The van der Waals surface area contributed by atoms with Gasteiger partial charge in [0.25, 0.3) is 0 Å². The molecule has 7 nitrogen and oxygen atoms in total. The molecular formula is C20H16FN7. The van der Waals surface area contributed by atoms with E-state index >= 15 is 0 Å². The summed E-state index contributed by atoms with van der Waals surface area (Å²) in [5.41, 5.74) is 9.82. The SMILES string of the molecule is Cc1ncc(-c2cc(-c3cnn(-c4ccc(F)cc4)c3)nc(N)c2C#N)n1C. The summed E-state index contributed by atoms with van der Waals surface area (Å²) >= 11 is 0. The van der Waals surface area contributed by atoms with Crippen molar-refractivity contribution in [2.75, 3.05) is 5.73 Å². The molecule has 0 aliphatic heterocycles. The van der Waals surface area contributed by atoms with Gasteiger partial charge in [-0.05, 0) is 37.3 Å². The molecule has 0 aliphatic rings. The Labute approximate surface area is 160 Å². The molecule has 0 radical (unpaired) electrons. The Kier molecular flexibility index (Phi) is 4.12. The van der Waals surface area contributed by atoms with Crippen LogP contribution in [-0.2, 0) is 7.05 Å². The van der Waals surface area contributed by atoms with Gasteiger partial charge < -0.3 is 10.3 Å². The lowest BCUT2D eigenvalue weighted by Gasteiger charge is -2.10. The largest absolute Gasteiger partial charge is 0.383 e. The van der Waals surface area contributed by atoms with Crippen LogP contribution < -0.4 is 5.73 Å². The number of rotatable bonds is 3. The highest BCUT2D eigenvalue weighted by Crippen LogP contribution is 2.31. The highest BCUT2D eigenvalue weighted by Gasteiger charge is 2.17. The minimum atomic E-state index is -0.311. The normalized spacial score (nSPS) is 10.8. The maximum absolute atomic E-state index is 13.1. The zero-order valence-electron chi connectivity index (χ0n) is 15.3. The number of hydrogen-bond acceptors (Lipinski definition) is 5. The fourth-order valence-electron chi connectivity index (χ4n) is 2.97. The van der Waals surface area contributed by atoms with Gasteiger partial charge in [0.15, 0.2) is 0 Å². The summed E-state index contributed by atoms with van der Waals surface area (Å²) in [4.78, 5) is 8.67. The molecular weight excluding hydrogens is 357 g/mol. The predicted octanol–water partition coefficient (Wildman–Crippen LogP) is 3.24. The molecule has 8 heteroatoms. The Hall–Kier alpha value is -3.99. The summed E-state index contributed by atoms with van der Waals surface area (Å²) in [6.45, 7) is 1.88. The highest BCUT2D eigenvalue weighted by molar-refractivity contribution is 5.78. The number of pyridine rings is 1. The number of nitriles is 1. The van der Waals surface area contributed by atoms with Crippen LogP contribution in [0.1, 0.15) is 11.4 Å². The van der Waals surface area contributed by atoms with Crippen molar-refractivity contribution < 1.29 is 4.39 Å². The van der Waals surface area contributed by atoms with E-state index in [1.54, 1.807) is 41.5 Å².